The van der Waals surface area contributed by atoms with Gasteiger partial charge < -0.3 is 10.4 Å². The predicted octanol–water partition coefficient (Wildman–Crippen LogP) is 3.12. The first-order valence-corrected chi connectivity index (χ1v) is 6.89. The van der Waals surface area contributed by atoms with E-state index in [2.05, 4.69) is 5.32 Å². The van der Waals surface area contributed by atoms with Crippen molar-refractivity contribution in [3.05, 3.63) is 75.6 Å². The van der Waals surface area contributed by atoms with Crippen LogP contribution < -0.4 is 5.32 Å². The molecule has 2 atom stereocenters. The van der Waals surface area contributed by atoms with Crippen LogP contribution in [0.25, 0.3) is 0 Å². The Labute approximate surface area is 127 Å². The van der Waals surface area contributed by atoms with Crippen LogP contribution in [0.5, 0.6) is 0 Å². The van der Waals surface area contributed by atoms with E-state index >= 15 is 0 Å². The first kappa shape index (κ1) is 16.1. The second-order valence-electron chi connectivity index (χ2n) is 5.02. The van der Waals surface area contributed by atoms with Gasteiger partial charge in [0.15, 0.2) is 0 Å². The molecule has 0 amide bonds. The van der Waals surface area contributed by atoms with E-state index in [0.717, 1.165) is 5.56 Å². The van der Waals surface area contributed by atoms with Crippen molar-refractivity contribution >= 4 is 5.69 Å². The molecule has 2 aromatic rings. The topological polar surface area (TPSA) is 75.4 Å². The number of non-ortho nitro benzene ring substituents is 1. The van der Waals surface area contributed by atoms with Crippen molar-refractivity contribution in [1.29, 1.82) is 0 Å². The molecule has 2 unspecified atom stereocenters. The maximum Gasteiger partial charge on any atom is 0.269 e. The molecule has 0 aliphatic carbocycles. The molecule has 22 heavy (non-hydrogen) atoms. The molecular weight excluding hydrogens is 287 g/mol. The van der Waals surface area contributed by atoms with Crippen LogP contribution in [0.3, 0.4) is 0 Å². The maximum atomic E-state index is 13.6. The van der Waals surface area contributed by atoms with E-state index in [1.165, 1.54) is 24.3 Å². The van der Waals surface area contributed by atoms with Gasteiger partial charge in [0.25, 0.3) is 5.69 Å². The summed E-state index contributed by atoms with van der Waals surface area (Å²) in [6.45, 7) is 2.05. The van der Waals surface area contributed by atoms with E-state index in [1.54, 1.807) is 24.3 Å². The lowest BCUT2D eigenvalue weighted by atomic mass is 10.1. The molecular formula is C16H17FN2O3. The molecule has 5 nitrogen and oxygen atoms in total. The number of hydrogen-bond acceptors (Lipinski definition) is 4. The molecule has 0 saturated heterocycles. The maximum absolute atomic E-state index is 13.6. The predicted molar refractivity (Wildman–Crippen MR) is 80.9 cm³/mol. The quantitative estimate of drug-likeness (QED) is 0.635. The smallest absolute Gasteiger partial charge is 0.269 e. The molecule has 0 fully saturated rings. The summed E-state index contributed by atoms with van der Waals surface area (Å²) in [4.78, 5) is 10.2. The summed E-state index contributed by atoms with van der Waals surface area (Å²) in [7, 11) is 0. The second-order valence-corrected chi connectivity index (χ2v) is 5.02. The normalized spacial score (nSPS) is 13.6. The molecule has 2 aromatic carbocycles. The fourth-order valence-electron chi connectivity index (χ4n) is 2.15. The summed E-state index contributed by atoms with van der Waals surface area (Å²) in [5.41, 5.74) is 1.12. The Bertz CT molecular complexity index is 646. The van der Waals surface area contributed by atoms with Crippen LogP contribution in [0, 0.1) is 15.9 Å². The van der Waals surface area contributed by atoms with Gasteiger partial charge in [-0.1, -0.05) is 30.3 Å². The monoisotopic (exact) mass is 304 g/mol. The van der Waals surface area contributed by atoms with Gasteiger partial charge in [-0.3, -0.25) is 10.1 Å². The third-order valence-electron chi connectivity index (χ3n) is 3.49. The largest absolute Gasteiger partial charge is 0.387 e. The molecule has 116 valence electrons. The average Bonchev–Trinajstić information content (AvgIpc) is 2.52. The Balaban J connectivity index is 1.96. The number of nitro groups is 1. The van der Waals surface area contributed by atoms with Crippen molar-refractivity contribution in [3.8, 4) is 0 Å². The van der Waals surface area contributed by atoms with Crippen LogP contribution in [-0.2, 0) is 0 Å². The van der Waals surface area contributed by atoms with Crippen molar-refractivity contribution in [3.63, 3.8) is 0 Å². The van der Waals surface area contributed by atoms with Crippen LogP contribution in [-0.4, -0.2) is 16.6 Å². The highest BCUT2D eigenvalue weighted by Gasteiger charge is 2.14. The van der Waals surface area contributed by atoms with Crippen molar-refractivity contribution in [2.24, 2.45) is 0 Å². The summed E-state index contributed by atoms with van der Waals surface area (Å²) < 4.78 is 13.6. The number of halogens is 1. The summed E-state index contributed by atoms with van der Waals surface area (Å²) >= 11 is 0. The number of rotatable bonds is 6. The van der Waals surface area contributed by atoms with Gasteiger partial charge >= 0.3 is 0 Å². The highest BCUT2D eigenvalue weighted by molar-refractivity contribution is 5.34. The lowest BCUT2D eigenvalue weighted by Gasteiger charge is -2.18. The number of nitrogens with zero attached hydrogens (tertiary/aromatic N) is 1. The van der Waals surface area contributed by atoms with Crippen molar-refractivity contribution in [2.45, 2.75) is 19.1 Å². The molecule has 2 N–H and O–H groups in total. The van der Waals surface area contributed by atoms with Gasteiger partial charge in [0.1, 0.15) is 5.82 Å². The van der Waals surface area contributed by atoms with Crippen LogP contribution in [0.1, 0.15) is 30.2 Å². The number of aliphatic hydroxyl groups excluding tert-OH is 1. The lowest BCUT2D eigenvalue weighted by Crippen LogP contribution is -2.25. The first-order valence-electron chi connectivity index (χ1n) is 6.89. The van der Waals surface area contributed by atoms with Gasteiger partial charge in [-0.15, -0.1) is 0 Å². The minimum Gasteiger partial charge on any atom is -0.387 e. The van der Waals surface area contributed by atoms with Gasteiger partial charge in [0.05, 0.1) is 11.0 Å². The average molecular weight is 304 g/mol. The zero-order chi connectivity index (χ0) is 16.1. The van der Waals surface area contributed by atoms with E-state index in [0.29, 0.717) is 0 Å². The molecule has 6 heteroatoms. The van der Waals surface area contributed by atoms with Crippen LogP contribution in [0.2, 0.25) is 0 Å². The lowest BCUT2D eigenvalue weighted by molar-refractivity contribution is -0.384. The fraction of sp³-hybridized carbons (Fsp3) is 0.250. The van der Waals surface area contributed by atoms with Gasteiger partial charge in [-0.05, 0) is 18.6 Å². The fourth-order valence-corrected chi connectivity index (χ4v) is 2.15. The minimum absolute atomic E-state index is 0.0299. The highest BCUT2D eigenvalue weighted by Crippen LogP contribution is 2.20. The van der Waals surface area contributed by atoms with E-state index in [4.69, 9.17) is 0 Å². The molecule has 0 bridgehead atoms. The molecule has 0 spiro atoms. The standard InChI is InChI=1S/C16H17FN2O3/c1-11(12-6-8-13(9-7-12)19(21)22)18-10-16(20)14-4-2-3-5-15(14)17/h2-9,11,16,18,20H,10H2,1H3. The third-order valence-corrected chi connectivity index (χ3v) is 3.49. The molecule has 2 rings (SSSR count). The summed E-state index contributed by atoms with van der Waals surface area (Å²) in [5, 5.41) is 23.7. The molecule has 0 aliphatic heterocycles. The Hall–Kier alpha value is -2.31. The highest BCUT2D eigenvalue weighted by atomic mass is 19.1. The second kappa shape index (κ2) is 7.11. The molecule has 0 saturated carbocycles. The molecule has 0 heterocycles. The molecule has 0 radical (unpaired) electrons. The number of benzene rings is 2. The number of nitrogens with one attached hydrogen (secondary N) is 1. The van der Waals surface area contributed by atoms with Crippen LogP contribution >= 0.6 is 0 Å². The Morgan fingerprint density at radius 2 is 1.86 bits per heavy atom. The SMILES string of the molecule is CC(NCC(O)c1ccccc1F)c1ccc([N+](=O)[O-])cc1. The summed E-state index contributed by atoms with van der Waals surface area (Å²) in [6.07, 6.45) is -0.957. The van der Waals surface area contributed by atoms with Crippen molar-refractivity contribution in [2.75, 3.05) is 6.54 Å². The van der Waals surface area contributed by atoms with Gasteiger partial charge in [-0.2, -0.15) is 0 Å². The van der Waals surface area contributed by atoms with E-state index < -0.39 is 16.8 Å². The van der Waals surface area contributed by atoms with E-state index in [-0.39, 0.29) is 23.8 Å². The van der Waals surface area contributed by atoms with Gasteiger partial charge in [0, 0.05) is 30.3 Å². The van der Waals surface area contributed by atoms with Crippen molar-refractivity contribution < 1.29 is 14.4 Å². The number of hydrogen-bond donors (Lipinski definition) is 2. The van der Waals surface area contributed by atoms with Crippen LogP contribution in [0.15, 0.2) is 48.5 Å². The summed E-state index contributed by atoms with van der Waals surface area (Å²) in [6, 6.07) is 12.1. The Kier molecular flexibility index (Phi) is 5.19. The minimum atomic E-state index is -0.957. The first-order chi connectivity index (χ1) is 10.5. The third kappa shape index (κ3) is 3.87. The van der Waals surface area contributed by atoms with Crippen molar-refractivity contribution in [1.82, 2.24) is 5.32 Å². The number of aliphatic hydroxyl groups is 1. The zero-order valence-electron chi connectivity index (χ0n) is 12.1. The van der Waals surface area contributed by atoms with Gasteiger partial charge in [-0.25, -0.2) is 4.39 Å². The van der Waals surface area contributed by atoms with Gasteiger partial charge in [0.2, 0.25) is 0 Å². The number of nitro benzene ring substituents is 1. The molecule has 0 aromatic heterocycles. The van der Waals surface area contributed by atoms with Crippen LogP contribution in [0.4, 0.5) is 10.1 Å². The summed E-state index contributed by atoms with van der Waals surface area (Å²) in [5.74, 6) is -0.445. The Morgan fingerprint density at radius 1 is 1.23 bits per heavy atom. The molecule has 0 aliphatic rings. The zero-order valence-corrected chi connectivity index (χ0v) is 12.1. The van der Waals surface area contributed by atoms with E-state index in [1.807, 2.05) is 6.92 Å². The van der Waals surface area contributed by atoms with E-state index in [9.17, 15) is 19.6 Å². The Morgan fingerprint density at radius 3 is 2.45 bits per heavy atom.